The molecule has 1 amide bonds. The van der Waals surface area contributed by atoms with Crippen molar-refractivity contribution in [1.29, 1.82) is 0 Å². The molecule has 0 saturated carbocycles. The predicted octanol–water partition coefficient (Wildman–Crippen LogP) is 3.80. The van der Waals surface area contributed by atoms with E-state index in [-0.39, 0.29) is 12.1 Å². The van der Waals surface area contributed by atoms with Gasteiger partial charge in [-0.2, -0.15) is 4.98 Å². The van der Waals surface area contributed by atoms with Crippen molar-refractivity contribution in [1.82, 2.24) is 20.3 Å². The van der Waals surface area contributed by atoms with E-state index >= 15 is 0 Å². The molecule has 2 aliphatic heterocycles. The van der Waals surface area contributed by atoms with Crippen LogP contribution in [0, 0.1) is 6.92 Å². The van der Waals surface area contributed by atoms with Crippen LogP contribution in [0.3, 0.4) is 0 Å². The normalized spacial score (nSPS) is 17.7. The molecule has 2 aliphatic rings. The zero-order valence-electron chi connectivity index (χ0n) is 20.6. The number of hydrogen-bond donors (Lipinski definition) is 3. The van der Waals surface area contributed by atoms with Crippen LogP contribution in [0.15, 0.2) is 36.0 Å². The second kappa shape index (κ2) is 9.38. The maximum Gasteiger partial charge on any atom is 0.410 e. The lowest BCUT2D eigenvalue weighted by Crippen LogP contribution is -2.50. The minimum Gasteiger partial charge on any atom is -0.495 e. The highest BCUT2D eigenvalue weighted by molar-refractivity contribution is 5.71. The van der Waals surface area contributed by atoms with Crippen LogP contribution in [-0.2, 0) is 4.74 Å². The summed E-state index contributed by atoms with van der Waals surface area (Å²) in [7, 11) is 3.47. The highest BCUT2D eigenvalue weighted by atomic mass is 16.6. The van der Waals surface area contributed by atoms with Crippen molar-refractivity contribution >= 4 is 29.2 Å². The second-order valence-electron chi connectivity index (χ2n) is 9.41. The molecule has 1 saturated heterocycles. The Kier molecular flexibility index (Phi) is 6.52. The summed E-state index contributed by atoms with van der Waals surface area (Å²) in [4.78, 5) is 23.2. The standard InChI is InChI=1S/C24H33N7O3/c1-15-11-21(25-5)28-22(26-15)27-17-7-8-20(33-6)19(12-17)31-13-16-9-10-30(14-18(16)29-31)23(32)34-24(2,3)4/h7-8,11-13,18,29H,9-10,14H2,1-6H3,(H2,25,26,27,28). The summed E-state index contributed by atoms with van der Waals surface area (Å²) in [6, 6.07) is 7.71. The highest BCUT2D eigenvalue weighted by Crippen LogP contribution is 2.35. The number of nitrogens with one attached hydrogen (secondary N) is 3. The number of likely N-dealkylation sites (tertiary alicyclic amines) is 1. The number of nitrogens with zero attached hydrogens (tertiary/aromatic N) is 4. The molecule has 1 atom stereocenters. The van der Waals surface area contributed by atoms with Crippen LogP contribution in [0.1, 0.15) is 32.9 Å². The molecule has 2 aromatic rings. The summed E-state index contributed by atoms with van der Waals surface area (Å²) in [5, 5.41) is 8.28. The van der Waals surface area contributed by atoms with E-state index in [1.54, 1.807) is 12.0 Å². The molecule has 0 spiro atoms. The first-order valence-corrected chi connectivity index (χ1v) is 11.4. The van der Waals surface area contributed by atoms with Gasteiger partial charge in [-0.15, -0.1) is 0 Å². The number of hydrazine groups is 1. The first kappa shape index (κ1) is 23.6. The number of anilines is 4. The van der Waals surface area contributed by atoms with Crippen LogP contribution < -0.4 is 25.8 Å². The van der Waals surface area contributed by atoms with Gasteiger partial charge in [-0.25, -0.2) is 15.2 Å². The summed E-state index contributed by atoms with van der Waals surface area (Å²) in [5.41, 5.74) is 6.75. The minimum atomic E-state index is -0.516. The van der Waals surface area contributed by atoms with Gasteiger partial charge in [-0.3, -0.25) is 5.01 Å². The monoisotopic (exact) mass is 467 g/mol. The maximum absolute atomic E-state index is 12.5. The van der Waals surface area contributed by atoms with Gasteiger partial charge >= 0.3 is 6.09 Å². The molecule has 182 valence electrons. The fraction of sp³-hybridized carbons (Fsp3) is 0.458. The average molecular weight is 468 g/mol. The van der Waals surface area contributed by atoms with E-state index < -0.39 is 5.60 Å². The van der Waals surface area contributed by atoms with E-state index in [0.717, 1.165) is 35.1 Å². The lowest BCUT2D eigenvalue weighted by Gasteiger charge is -2.34. The second-order valence-corrected chi connectivity index (χ2v) is 9.41. The molecule has 0 aliphatic carbocycles. The molecule has 10 heteroatoms. The maximum atomic E-state index is 12.5. The van der Waals surface area contributed by atoms with Crippen LogP contribution in [0.4, 0.5) is 27.9 Å². The largest absolute Gasteiger partial charge is 0.495 e. The molecule has 3 N–H and O–H groups in total. The van der Waals surface area contributed by atoms with Crippen molar-refractivity contribution in [3.05, 3.63) is 41.7 Å². The molecular weight excluding hydrogens is 434 g/mol. The van der Waals surface area contributed by atoms with E-state index in [0.29, 0.717) is 19.0 Å². The Balaban J connectivity index is 1.51. The molecule has 1 aromatic carbocycles. The third-order valence-corrected chi connectivity index (χ3v) is 5.57. The first-order chi connectivity index (χ1) is 16.1. The Bertz CT molecular complexity index is 1100. The fourth-order valence-corrected chi connectivity index (χ4v) is 3.99. The van der Waals surface area contributed by atoms with Gasteiger partial charge in [0.25, 0.3) is 0 Å². The van der Waals surface area contributed by atoms with Crippen molar-refractivity contribution < 1.29 is 14.3 Å². The SMILES string of the molecule is CNc1cc(C)nc(Nc2ccc(OC)c(N3C=C4CCN(C(=O)OC(C)(C)C)CC4N3)c2)n1. The van der Waals surface area contributed by atoms with Crippen LogP contribution in [0.25, 0.3) is 0 Å². The summed E-state index contributed by atoms with van der Waals surface area (Å²) in [6.07, 6.45) is 2.58. The molecule has 1 aromatic heterocycles. The summed E-state index contributed by atoms with van der Waals surface area (Å²) >= 11 is 0. The molecule has 34 heavy (non-hydrogen) atoms. The molecule has 0 radical (unpaired) electrons. The number of carbonyl (C=O) groups is 1. The van der Waals surface area contributed by atoms with E-state index in [9.17, 15) is 4.79 Å². The predicted molar refractivity (Wildman–Crippen MR) is 133 cm³/mol. The molecule has 3 heterocycles. The van der Waals surface area contributed by atoms with Crippen molar-refractivity contribution in [3.63, 3.8) is 0 Å². The van der Waals surface area contributed by atoms with Gasteiger partial charge in [0.1, 0.15) is 22.9 Å². The number of ether oxygens (including phenoxy) is 2. The van der Waals surface area contributed by atoms with Gasteiger partial charge < -0.3 is 25.0 Å². The summed E-state index contributed by atoms with van der Waals surface area (Å²) in [5.74, 6) is 1.97. The summed E-state index contributed by atoms with van der Waals surface area (Å²) < 4.78 is 11.2. The molecule has 1 unspecified atom stereocenters. The van der Waals surface area contributed by atoms with Crippen LogP contribution >= 0.6 is 0 Å². The number of aromatic nitrogens is 2. The third-order valence-electron chi connectivity index (χ3n) is 5.57. The van der Waals surface area contributed by atoms with Gasteiger partial charge in [-0.05, 0) is 57.9 Å². The quantitative estimate of drug-likeness (QED) is 0.606. The van der Waals surface area contributed by atoms with Crippen LogP contribution in [0.2, 0.25) is 0 Å². The minimum absolute atomic E-state index is 0.0147. The number of amides is 1. The Hall–Kier alpha value is -3.53. The van der Waals surface area contributed by atoms with E-state index in [1.165, 1.54) is 5.57 Å². The third kappa shape index (κ3) is 5.33. The fourth-order valence-electron chi connectivity index (χ4n) is 3.99. The Morgan fingerprint density at radius 1 is 1.24 bits per heavy atom. The summed E-state index contributed by atoms with van der Waals surface area (Å²) in [6.45, 7) is 8.74. The Morgan fingerprint density at radius 2 is 2.03 bits per heavy atom. The number of carbonyl (C=O) groups excluding carboxylic acids is 1. The van der Waals surface area contributed by atoms with Crippen molar-refractivity contribution in [3.8, 4) is 5.75 Å². The first-order valence-electron chi connectivity index (χ1n) is 11.4. The number of benzene rings is 1. The number of methoxy groups -OCH3 is 1. The van der Waals surface area contributed by atoms with Crippen molar-refractivity contribution in [2.24, 2.45) is 0 Å². The molecule has 10 nitrogen and oxygen atoms in total. The average Bonchev–Trinajstić information content (AvgIpc) is 3.20. The van der Waals surface area contributed by atoms with Crippen molar-refractivity contribution in [2.45, 2.75) is 45.8 Å². The van der Waals surface area contributed by atoms with Gasteiger partial charge in [0.05, 0.1) is 13.2 Å². The van der Waals surface area contributed by atoms with Crippen LogP contribution in [0.5, 0.6) is 5.75 Å². The van der Waals surface area contributed by atoms with Gasteiger partial charge in [-0.1, -0.05) is 0 Å². The van der Waals surface area contributed by atoms with Gasteiger partial charge in [0, 0.05) is 43.8 Å². The van der Waals surface area contributed by atoms with Gasteiger partial charge in [0.2, 0.25) is 5.95 Å². The smallest absolute Gasteiger partial charge is 0.410 e. The number of fused-ring (bicyclic) bond motifs is 1. The highest BCUT2D eigenvalue weighted by Gasteiger charge is 2.35. The van der Waals surface area contributed by atoms with Crippen LogP contribution in [-0.4, -0.2) is 59.9 Å². The lowest BCUT2D eigenvalue weighted by molar-refractivity contribution is 0.0220. The zero-order valence-corrected chi connectivity index (χ0v) is 20.6. The Labute approximate surface area is 200 Å². The number of hydrogen-bond acceptors (Lipinski definition) is 9. The molecule has 4 rings (SSSR count). The number of rotatable bonds is 5. The van der Waals surface area contributed by atoms with Crippen molar-refractivity contribution in [2.75, 3.05) is 42.9 Å². The van der Waals surface area contributed by atoms with E-state index in [2.05, 4.69) is 32.2 Å². The topological polar surface area (TPSA) is 104 Å². The molecular formula is C24H33N7O3. The zero-order chi connectivity index (χ0) is 24.5. The molecule has 1 fully saturated rings. The number of aryl methyl sites for hydroxylation is 1. The van der Waals surface area contributed by atoms with E-state index in [4.69, 9.17) is 9.47 Å². The number of piperidine rings is 1. The van der Waals surface area contributed by atoms with E-state index in [1.807, 2.05) is 64.0 Å². The lowest BCUT2D eigenvalue weighted by atomic mass is 10.0. The molecule has 0 bridgehead atoms. The Morgan fingerprint density at radius 3 is 2.74 bits per heavy atom. The van der Waals surface area contributed by atoms with Gasteiger partial charge in [0.15, 0.2) is 0 Å².